The minimum absolute atomic E-state index is 0.107. The van der Waals surface area contributed by atoms with Crippen LogP contribution in [0.3, 0.4) is 0 Å². The van der Waals surface area contributed by atoms with Gasteiger partial charge in [-0.1, -0.05) is 5.16 Å². The number of rotatable bonds is 3. The minimum Gasteiger partial charge on any atom is -0.346 e. The molecule has 130 valence electrons. The van der Waals surface area contributed by atoms with E-state index in [1.807, 2.05) is 24.8 Å². The lowest BCUT2D eigenvalue weighted by molar-refractivity contribution is 0.0694. The molecule has 6 heteroatoms. The number of likely N-dealkylation sites (tertiary alicyclic amines) is 1. The summed E-state index contributed by atoms with van der Waals surface area (Å²) < 4.78 is 7.53. The fourth-order valence-electron chi connectivity index (χ4n) is 3.80. The average molecular weight is 330 g/mol. The van der Waals surface area contributed by atoms with E-state index < -0.39 is 0 Å². The number of hydrogen-bond donors (Lipinski definition) is 0. The molecule has 0 aromatic carbocycles. The van der Waals surface area contributed by atoms with Crippen molar-refractivity contribution in [2.75, 3.05) is 13.1 Å². The number of carbonyl (C=O) groups excluding carboxylic acids is 1. The van der Waals surface area contributed by atoms with Crippen molar-refractivity contribution in [3.8, 4) is 0 Å². The van der Waals surface area contributed by atoms with Gasteiger partial charge in [0.1, 0.15) is 0 Å². The molecular formula is C18H26N4O2. The standard InChI is InChI=1S/C18H26N4O2/c1-11(2)22-12(3)9-16(13(22)4)18(23)21-8-6-7-15(10-21)17-19-14(5)20-24-17/h9,11,15H,6-8,10H2,1-5H3/t15-/m0/s1. The van der Waals surface area contributed by atoms with E-state index in [0.29, 0.717) is 24.3 Å². The molecule has 1 fully saturated rings. The smallest absolute Gasteiger partial charge is 0.255 e. The van der Waals surface area contributed by atoms with Crippen molar-refractivity contribution in [3.05, 3.63) is 34.7 Å². The number of amides is 1. The molecule has 24 heavy (non-hydrogen) atoms. The number of nitrogens with zero attached hydrogens (tertiary/aromatic N) is 4. The Kier molecular flexibility index (Phi) is 4.47. The van der Waals surface area contributed by atoms with Crippen molar-refractivity contribution in [2.45, 2.75) is 59.4 Å². The molecule has 0 radical (unpaired) electrons. The zero-order valence-electron chi connectivity index (χ0n) is 15.2. The monoisotopic (exact) mass is 330 g/mol. The van der Waals surface area contributed by atoms with Crippen LogP contribution in [0.15, 0.2) is 10.6 Å². The molecule has 0 saturated carbocycles. The van der Waals surface area contributed by atoms with Gasteiger partial charge in [-0.25, -0.2) is 0 Å². The molecule has 1 aliphatic rings. The summed E-state index contributed by atoms with van der Waals surface area (Å²) in [5.74, 6) is 1.54. The summed E-state index contributed by atoms with van der Waals surface area (Å²) in [7, 11) is 0. The fraction of sp³-hybridized carbons (Fsp3) is 0.611. The first-order valence-corrected chi connectivity index (χ1v) is 8.66. The predicted octanol–water partition coefficient (Wildman–Crippen LogP) is 3.40. The molecule has 1 saturated heterocycles. The summed E-state index contributed by atoms with van der Waals surface area (Å²) in [4.78, 5) is 19.3. The first-order chi connectivity index (χ1) is 11.4. The number of hydrogen-bond acceptors (Lipinski definition) is 4. The van der Waals surface area contributed by atoms with Crippen LogP contribution in [0.25, 0.3) is 0 Å². The molecule has 2 aromatic rings. The Morgan fingerprint density at radius 1 is 1.33 bits per heavy atom. The summed E-state index contributed by atoms with van der Waals surface area (Å²) in [5.41, 5.74) is 2.98. The Labute approximate surface area is 142 Å². The van der Waals surface area contributed by atoms with Gasteiger partial charge in [0.05, 0.1) is 11.5 Å². The van der Waals surface area contributed by atoms with Crippen molar-refractivity contribution < 1.29 is 9.32 Å². The van der Waals surface area contributed by atoms with Gasteiger partial charge in [0.15, 0.2) is 5.82 Å². The van der Waals surface area contributed by atoms with Gasteiger partial charge in [-0.05, 0) is 53.5 Å². The van der Waals surface area contributed by atoms with Gasteiger partial charge < -0.3 is 14.0 Å². The number of piperidine rings is 1. The van der Waals surface area contributed by atoms with Gasteiger partial charge in [-0.3, -0.25) is 4.79 Å². The van der Waals surface area contributed by atoms with Gasteiger partial charge in [0.25, 0.3) is 5.91 Å². The molecule has 1 atom stereocenters. The Bertz CT molecular complexity index is 744. The van der Waals surface area contributed by atoms with E-state index in [-0.39, 0.29) is 11.8 Å². The van der Waals surface area contributed by atoms with Crippen LogP contribution in [0.2, 0.25) is 0 Å². The second-order valence-electron chi connectivity index (χ2n) is 7.02. The molecule has 2 aromatic heterocycles. The third-order valence-electron chi connectivity index (χ3n) is 4.83. The maximum absolute atomic E-state index is 13.0. The van der Waals surface area contributed by atoms with Gasteiger partial charge in [0.2, 0.25) is 5.89 Å². The maximum atomic E-state index is 13.0. The van der Waals surface area contributed by atoms with Crippen LogP contribution in [0.4, 0.5) is 0 Å². The van der Waals surface area contributed by atoms with Crippen LogP contribution in [0.1, 0.15) is 72.1 Å². The first kappa shape index (κ1) is 16.7. The van der Waals surface area contributed by atoms with E-state index in [0.717, 1.165) is 36.3 Å². The molecule has 3 heterocycles. The molecule has 0 N–H and O–H groups in total. The van der Waals surface area contributed by atoms with Crippen LogP contribution in [0, 0.1) is 20.8 Å². The first-order valence-electron chi connectivity index (χ1n) is 8.66. The predicted molar refractivity (Wildman–Crippen MR) is 91.2 cm³/mol. The Morgan fingerprint density at radius 3 is 2.67 bits per heavy atom. The topological polar surface area (TPSA) is 64.2 Å². The summed E-state index contributed by atoms with van der Waals surface area (Å²) in [6.07, 6.45) is 1.94. The lowest BCUT2D eigenvalue weighted by Gasteiger charge is -2.31. The largest absolute Gasteiger partial charge is 0.346 e. The van der Waals surface area contributed by atoms with Crippen molar-refractivity contribution in [1.82, 2.24) is 19.6 Å². The Balaban J connectivity index is 1.81. The molecule has 0 spiro atoms. The van der Waals surface area contributed by atoms with Crippen LogP contribution in [-0.4, -0.2) is 38.6 Å². The molecule has 6 nitrogen and oxygen atoms in total. The lowest BCUT2D eigenvalue weighted by atomic mass is 9.97. The van der Waals surface area contributed by atoms with Gasteiger partial charge in [-0.15, -0.1) is 0 Å². The average Bonchev–Trinajstić information content (AvgIpc) is 3.10. The molecule has 1 amide bonds. The second kappa shape index (κ2) is 6.42. The fourth-order valence-corrected chi connectivity index (χ4v) is 3.80. The van der Waals surface area contributed by atoms with Gasteiger partial charge >= 0.3 is 0 Å². The van der Waals surface area contributed by atoms with E-state index in [4.69, 9.17) is 4.52 Å². The highest BCUT2D eigenvalue weighted by Gasteiger charge is 2.30. The molecular weight excluding hydrogens is 304 g/mol. The Hall–Kier alpha value is -2.11. The number of carbonyl (C=O) groups is 1. The third kappa shape index (κ3) is 2.97. The normalized spacial score (nSPS) is 18.4. The quantitative estimate of drug-likeness (QED) is 0.865. The van der Waals surface area contributed by atoms with E-state index in [1.165, 1.54) is 0 Å². The minimum atomic E-state index is 0.107. The second-order valence-corrected chi connectivity index (χ2v) is 7.02. The maximum Gasteiger partial charge on any atom is 0.255 e. The van der Waals surface area contributed by atoms with Crippen LogP contribution in [-0.2, 0) is 0 Å². The van der Waals surface area contributed by atoms with Crippen LogP contribution >= 0.6 is 0 Å². The van der Waals surface area contributed by atoms with Crippen LogP contribution < -0.4 is 0 Å². The van der Waals surface area contributed by atoms with E-state index >= 15 is 0 Å². The van der Waals surface area contributed by atoms with Crippen molar-refractivity contribution in [1.29, 1.82) is 0 Å². The Morgan fingerprint density at radius 2 is 2.08 bits per heavy atom. The van der Waals surface area contributed by atoms with Crippen LogP contribution in [0.5, 0.6) is 0 Å². The van der Waals surface area contributed by atoms with E-state index in [9.17, 15) is 4.79 Å². The third-order valence-corrected chi connectivity index (χ3v) is 4.83. The zero-order chi connectivity index (χ0) is 17.4. The summed E-state index contributed by atoms with van der Waals surface area (Å²) in [5, 5.41) is 3.88. The SMILES string of the molecule is Cc1noc([C@H]2CCCN(C(=O)c3cc(C)n(C(C)C)c3C)C2)n1. The van der Waals surface area contributed by atoms with Gasteiger partial charge in [0, 0.05) is 30.5 Å². The van der Waals surface area contributed by atoms with Crippen molar-refractivity contribution in [2.24, 2.45) is 0 Å². The summed E-state index contributed by atoms with van der Waals surface area (Å²) >= 11 is 0. The molecule has 0 bridgehead atoms. The van der Waals surface area contributed by atoms with E-state index in [1.54, 1.807) is 0 Å². The summed E-state index contributed by atoms with van der Waals surface area (Å²) in [6.45, 7) is 11.6. The van der Waals surface area contributed by atoms with Gasteiger partial charge in [-0.2, -0.15) is 4.98 Å². The highest BCUT2D eigenvalue weighted by atomic mass is 16.5. The number of aryl methyl sites for hydroxylation is 2. The number of aromatic nitrogens is 3. The van der Waals surface area contributed by atoms with Crippen molar-refractivity contribution >= 4 is 5.91 Å². The molecule has 0 aliphatic carbocycles. The highest BCUT2D eigenvalue weighted by Crippen LogP contribution is 2.28. The molecule has 0 unspecified atom stereocenters. The lowest BCUT2D eigenvalue weighted by Crippen LogP contribution is -2.39. The highest BCUT2D eigenvalue weighted by molar-refractivity contribution is 5.95. The van der Waals surface area contributed by atoms with Crippen molar-refractivity contribution in [3.63, 3.8) is 0 Å². The molecule has 3 rings (SSSR count). The molecule has 1 aliphatic heterocycles. The zero-order valence-corrected chi connectivity index (χ0v) is 15.2. The summed E-state index contributed by atoms with van der Waals surface area (Å²) in [6, 6.07) is 2.36. The van der Waals surface area contributed by atoms with E-state index in [2.05, 4.69) is 35.5 Å².